The van der Waals surface area contributed by atoms with Gasteiger partial charge in [-0.25, -0.2) is 9.59 Å². The van der Waals surface area contributed by atoms with Crippen molar-refractivity contribution in [3.05, 3.63) is 65.7 Å². The van der Waals surface area contributed by atoms with E-state index < -0.39 is 28.6 Å². The molecular formula is C17H16FNO7S. The number of ether oxygens (including phenoxy) is 1. The molecule has 10 heteroatoms. The highest BCUT2D eigenvalue weighted by Crippen LogP contribution is 2.16. The van der Waals surface area contributed by atoms with Crippen LogP contribution in [-0.2, 0) is 33.1 Å². The molecule has 144 valence electrons. The molecule has 1 atom stereocenters. The molecule has 0 saturated heterocycles. The van der Waals surface area contributed by atoms with Gasteiger partial charge >= 0.3 is 22.6 Å². The monoisotopic (exact) mass is 397 g/mol. The fourth-order valence-corrected chi connectivity index (χ4v) is 2.48. The molecule has 0 aliphatic heterocycles. The SMILES string of the molecule is O=C(N[C@@H](Cc1ccc(OS(=O)(=O)F)cc1)C(=O)O)OCc1ccccc1. The molecule has 0 heterocycles. The molecule has 2 aromatic rings. The molecule has 27 heavy (non-hydrogen) atoms. The van der Waals surface area contributed by atoms with E-state index in [2.05, 4.69) is 9.50 Å². The van der Waals surface area contributed by atoms with Crippen LogP contribution in [0, 0.1) is 0 Å². The summed E-state index contributed by atoms with van der Waals surface area (Å²) < 4.78 is 42.3. The highest BCUT2D eigenvalue weighted by Gasteiger charge is 2.21. The lowest BCUT2D eigenvalue weighted by Crippen LogP contribution is -2.42. The zero-order chi connectivity index (χ0) is 19.9. The van der Waals surface area contributed by atoms with E-state index in [4.69, 9.17) is 4.74 Å². The van der Waals surface area contributed by atoms with Crippen molar-refractivity contribution in [2.24, 2.45) is 0 Å². The van der Waals surface area contributed by atoms with Crippen LogP contribution in [-0.4, -0.2) is 31.6 Å². The Kier molecular flexibility index (Phi) is 6.72. The number of rotatable bonds is 8. The maximum absolute atomic E-state index is 12.4. The third-order valence-electron chi connectivity index (χ3n) is 3.36. The molecule has 1 amide bonds. The number of hydrogen-bond donors (Lipinski definition) is 2. The van der Waals surface area contributed by atoms with Crippen LogP contribution in [0.2, 0.25) is 0 Å². The van der Waals surface area contributed by atoms with Gasteiger partial charge < -0.3 is 19.3 Å². The van der Waals surface area contributed by atoms with Crippen LogP contribution in [0.5, 0.6) is 5.75 Å². The van der Waals surface area contributed by atoms with Crippen molar-refractivity contribution in [2.45, 2.75) is 19.1 Å². The minimum Gasteiger partial charge on any atom is -0.480 e. The summed E-state index contributed by atoms with van der Waals surface area (Å²) in [5.41, 5.74) is 1.20. The Morgan fingerprint density at radius 2 is 1.67 bits per heavy atom. The molecular weight excluding hydrogens is 381 g/mol. The fourth-order valence-electron chi connectivity index (χ4n) is 2.14. The van der Waals surface area contributed by atoms with E-state index in [1.807, 2.05) is 6.07 Å². The summed E-state index contributed by atoms with van der Waals surface area (Å²) >= 11 is 0. The van der Waals surface area contributed by atoms with Gasteiger partial charge in [-0.15, -0.1) is 0 Å². The molecule has 0 aromatic heterocycles. The maximum Gasteiger partial charge on any atom is 0.488 e. The average molecular weight is 397 g/mol. The normalized spacial score (nSPS) is 12.0. The van der Waals surface area contributed by atoms with Crippen LogP contribution >= 0.6 is 0 Å². The molecule has 0 saturated carbocycles. The number of halogens is 1. The minimum atomic E-state index is -5.14. The lowest BCUT2D eigenvalue weighted by molar-refractivity contribution is -0.139. The van der Waals surface area contributed by atoms with Gasteiger partial charge in [-0.1, -0.05) is 46.4 Å². The maximum atomic E-state index is 12.4. The lowest BCUT2D eigenvalue weighted by Gasteiger charge is -2.15. The summed E-state index contributed by atoms with van der Waals surface area (Å²) in [4.78, 5) is 23.2. The number of carboxylic acid groups (broad SMARTS) is 1. The Morgan fingerprint density at radius 1 is 1.04 bits per heavy atom. The van der Waals surface area contributed by atoms with Gasteiger partial charge in [0.2, 0.25) is 0 Å². The van der Waals surface area contributed by atoms with Gasteiger partial charge in [0, 0.05) is 6.42 Å². The summed E-state index contributed by atoms with van der Waals surface area (Å²) in [5.74, 6) is -1.54. The van der Waals surface area contributed by atoms with Crippen LogP contribution < -0.4 is 9.50 Å². The predicted octanol–water partition coefficient (Wildman–Crippen LogP) is 2.20. The number of alkyl carbamates (subject to hydrolysis) is 1. The first-order chi connectivity index (χ1) is 12.7. The first-order valence-electron chi connectivity index (χ1n) is 7.66. The number of benzene rings is 2. The molecule has 2 N–H and O–H groups in total. The van der Waals surface area contributed by atoms with Crippen LogP contribution in [0.3, 0.4) is 0 Å². The van der Waals surface area contributed by atoms with Crippen molar-refractivity contribution < 1.29 is 35.9 Å². The third-order valence-corrected chi connectivity index (χ3v) is 3.75. The first-order valence-corrected chi connectivity index (χ1v) is 8.97. The number of aliphatic carboxylic acids is 1. The van der Waals surface area contributed by atoms with Crippen LogP contribution in [0.1, 0.15) is 11.1 Å². The quantitative estimate of drug-likeness (QED) is 0.656. The minimum absolute atomic E-state index is 0.0112. The van der Waals surface area contributed by atoms with E-state index in [0.29, 0.717) is 5.56 Å². The highest BCUT2D eigenvalue weighted by atomic mass is 32.3. The molecule has 0 fully saturated rings. The van der Waals surface area contributed by atoms with Crippen molar-refractivity contribution in [3.63, 3.8) is 0 Å². The second-order valence-corrected chi connectivity index (χ2v) is 6.37. The molecule has 2 rings (SSSR count). The zero-order valence-electron chi connectivity index (χ0n) is 13.9. The van der Waals surface area contributed by atoms with Crippen molar-refractivity contribution in [2.75, 3.05) is 0 Å². The van der Waals surface area contributed by atoms with Gasteiger partial charge in [0.15, 0.2) is 0 Å². The Morgan fingerprint density at radius 3 is 2.22 bits per heavy atom. The number of carboxylic acids is 1. The van der Waals surface area contributed by atoms with E-state index in [1.165, 1.54) is 24.3 Å². The Labute approximate surface area is 155 Å². The number of carbonyl (C=O) groups excluding carboxylic acids is 1. The van der Waals surface area contributed by atoms with E-state index in [0.717, 1.165) is 5.56 Å². The summed E-state index contributed by atoms with van der Waals surface area (Å²) in [7, 11) is -5.14. The molecule has 8 nitrogen and oxygen atoms in total. The molecule has 2 aromatic carbocycles. The van der Waals surface area contributed by atoms with Gasteiger partial charge in [-0.2, -0.15) is 8.42 Å². The van der Waals surface area contributed by atoms with Gasteiger partial charge in [-0.05, 0) is 23.3 Å². The third kappa shape index (κ3) is 7.32. The Bertz CT molecular complexity index is 885. The van der Waals surface area contributed by atoms with Crippen molar-refractivity contribution in [1.29, 1.82) is 0 Å². The van der Waals surface area contributed by atoms with Crippen molar-refractivity contribution >= 4 is 22.6 Å². The molecule has 0 spiro atoms. The largest absolute Gasteiger partial charge is 0.488 e. The van der Waals surface area contributed by atoms with Crippen molar-refractivity contribution in [3.8, 4) is 5.75 Å². The number of carbonyl (C=O) groups is 2. The molecule has 0 radical (unpaired) electrons. The summed E-state index contributed by atoms with van der Waals surface area (Å²) in [6.07, 6.45) is -0.993. The Hall–Kier alpha value is -3.14. The van der Waals surface area contributed by atoms with Crippen LogP contribution in [0.15, 0.2) is 54.6 Å². The number of amides is 1. The second kappa shape index (κ2) is 8.99. The number of nitrogens with one attached hydrogen (secondary N) is 1. The fraction of sp³-hybridized carbons (Fsp3) is 0.176. The molecule has 0 unspecified atom stereocenters. The summed E-state index contributed by atoms with van der Waals surface area (Å²) in [5, 5.41) is 11.5. The smallest absolute Gasteiger partial charge is 0.480 e. The molecule has 0 bridgehead atoms. The average Bonchev–Trinajstić information content (AvgIpc) is 2.60. The van der Waals surface area contributed by atoms with Crippen LogP contribution in [0.4, 0.5) is 8.68 Å². The lowest BCUT2D eigenvalue weighted by atomic mass is 10.1. The Balaban J connectivity index is 1.92. The van der Waals surface area contributed by atoms with Gasteiger partial charge in [0.1, 0.15) is 18.4 Å². The zero-order valence-corrected chi connectivity index (χ0v) is 14.7. The molecule has 0 aliphatic rings. The van der Waals surface area contributed by atoms with Gasteiger partial charge in [0.25, 0.3) is 0 Å². The predicted molar refractivity (Wildman–Crippen MR) is 92.0 cm³/mol. The summed E-state index contributed by atoms with van der Waals surface area (Å²) in [6.45, 7) is -0.0112. The number of hydrogen-bond acceptors (Lipinski definition) is 6. The van der Waals surface area contributed by atoms with Gasteiger partial charge in [0.05, 0.1) is 0 Å². The second-order valence-electron chi connectivity index (χ2n) is 5.42. The standard InChI is InChI=1S/C17H16FNO7S/c18-27(23,24)26-14-8-6-12(7-9-14)10-15(16(20)21)19-17(22)25-11-13-4-2-1-3-5-13/h1-9,15H,10-11H2,(H,19,22)(H,20,21)/t15-/m0/s1. The highest BCUT2D eigenvalue weighted by molar-refractivity contribution is 7.81. The van der Waals surface area contributed by atoms with Crippen LogP contribution in [0.25, 0.3) is 0 Å². The van der Waals surface area contributed by atoms with E-state index in [1.54, 1.807) is 24.3 Å². The van der Waals surface area contributed by atoms with Crippen molar-refractivity contribution in [1.82, 2.24) is 5.32 Å². The topological polar surface area (TPSA) is 119 Å². The van der Waals surface area contributed by atoms with E-state index in [-0.39, 0.29) is 18.8 Å². The first kappa shape index (κ1) is 20.2. The molecule has 0 aliphatic carbocycles. The van der Waals surface area contributed by atoms with E-state index >= 15 is 0 Å². The van der Waals surface area contributed by atoms with E-state index in [9.17, 15) is 27.0 Å². The summed E-state index contributed by atoms with van der Waals surface area (Å²) in [6, 6.07) is 12.6. The van der Waals surface area contributed by atoms with Gasteiger partial charge in [-0.3, -0.25) is 0 Å².